The van der Waals surface area contributed by atoms with Crippen molar-refractivity contribution in [2.24, 2.45) is 0 Å². The van der Waals surface area contributed by atoms with Crippen LogP contribution in [0.2, 0.25) is 0 Å². The Morgan fingerprint density at radius 1 is 1.27 bits per heavy atom. The van der Waals surface area contributed by atoms with E-state index in [9.17, 15) is 4.79 Å². The minimum Gasteiger partial charge on any atom is -0.486 e. The van der Waals surface area contributed by atoms with Crippen LogP contribution in [0.25, 0.3) is 0 Å². The number of amides is 1. The number of hydrogen-bond donors (Lipinski definition) is 1. The van der Waals surface area contributed by atoms with Crippen LogP contribution in [-0.4, -0.2) is 36.6 Å². The molecule has 0 aliphatic heterocycles. The van der Waals surface area contributed by atoms with Gasteiger partial charge in [-0.1, -0.05) is 60.6 Å². The lowest BCUT2D eigenvalue weighted by Gasteiger charge is -2.18. The zero-order chi connectivity index (χ0) is 23.0. The Morgan fingerprint density at radius 3 is 2.91 bits per heavy atom. The van der Waals surface area contributed by atoms with Gasteiger partial charge in [0.05, 0.1) is 5.75 Å². The lowest BCUT2D eigenvalue weighted by molar-refractivity contribution is -0.113. The molecule has 1 fully saturated rings. The molecule has 0 spiro atoms. The monoisotopic (exact) mass is 484 g/mol. The van der Waals surface area contributed by atoms with E-state index in [2.05, 4.69) is 32.3 Å². The third-order valence-electron chi connectivity index (χ3n) is 5.44. The fraction of sp³-hybridized carbons (Fsp3) is 0.435. The van der Waals surface area contributed by atoms with Crippen molar-refractivity contribution in [1.82, 2.24) is 25.0 Å². The van der Waals surface area contributed by atoms with E-state index in [1.165, 1.54) is 42.4 Å². The molecule has 0 radical (unpaired) electrons. The Balaban J connectivity index is 1.32. The largest absolute Gasteiger partial charge is 0.486 e. The molecule has 0 saturated heterocycles. The van der Waals surface area contributed by atoms with E-state index in [0.717, 1.165) is 29.2 Å². The van der Waals surface area contributed by atoms with Crippen molar-refractivity contribution < 1.29 is 9.53 Å². The van der Waals surface area contributed by atoms with Crippen LogP contribution >= 0.6 is 23.1 Å². The van der Waals surface area contributed by atoms with Crippen LogP contribution in [0, 0.1) is 6.92 Å². The van der Waals surface area contributed by atoms with Gasteiger partial charge in [-0.2, -0.15) is 0 Å². The lowest BCUT2D eigenvalue weighted by atomic mass is 9.90. The molecule has 0 bridgehead atoms. The number of rotatable bonds is 10. The van der Waals surface area contributed by atoms with E-state index in [1.807, 2.05) is 35.8 Å². The first-order valence-electron chi connectivity index (χ1n) is 11.1. The number of anilines is 1. The van der Waals surface area contributed by atoms with Gasteiger partial charge in [0.25, 0.3) is 0 Å². The first-order valence-corrected chi connectivity index (χ1v) is 12.9. The standard InChI is InChI=1S/C23H28N6O2S2/c1-3-12-29-19(14-31-18-11-7-8-16(2)13-18)25-28-23(29)32-15-20(30)24-22-27-26-21(33-22)17-9-5-4-6-10-17/h3,7-8,11,13,17H,1,4-6,9-10,12,14-15H2,2H3,(H,24,27,30). The summed E-state index contributed by atoms with van der Waals surface area (Å²) in [5, 5.41) is 22.1. The van der Waals surface area contributed by atoms with Crippen LogP contribution in [-0.2, 0) is 17.9 Å². The SMILES string of the molecule is C=CCn1c(COc2cccc(C)c2)nnc1SCC(=O)Nc1nnc(C2CCCCC2)s1. The van der Waals surface area contributed by atoms with E-state index in [1.54, 1.807) is 6.08 Å². The predicted octanol–water partition coefficient (Wildman–Crippen LogP) is 4.98. The van der Waals surface area contributed by atoms with Gasteiger partial charge in [0.1, 0.15) is 17.4 Å². The van der Waals surface area contributed by atoms with Gasteiger partial charge in [-0.25, -0.2) is 0 Å². The molecular weight excluding hydrogens is 456 g/mol. The van der Waals surface area contributed by atoms with Crippen molar-refractivity contribution in [2.75, 3.05) is 11.1 Å². The minimum atomic E-state index is -0.142. The number of allylic oxidation sites excluding steroid dienone is 1. The normalized spacial score (nSPS) is 14.2. The first kappa shape index (κ1) is 23.4. The summed E-state index contributed by atoms with van der Waals surface area (Å²) in [6.45, 7) is 6.66. The molecule has 2 aromatic heterocycles. The summed E-state index contributed by atoms with van der Waals surface area (Å²) in [7, 11) is 0. The zero-order valence-electron chi connectivity index (χ0n) is 18.7. The van der Waals surface area contributed by atoms with Crippen molar-refractivity contribution in [3.05, 3.63) is 53.3 Å². The highest BCUT2D eigenvalue weighted by molar-refractivity contribution is 7.99. The van der Waals surface area contributed by atoms with E-state index < -0.39 is 0 Å². The Hall–Kier alpha value is -2.72. The Labute approximate surface area is 201 Å². The fourth-order valence-corrected chi connectivity index (χ4v) is 5.48. The molecule has 1 aliphatic carbocycles. The lowest BCUT2D eigenvalue weighted by Crippen LogP contribution is -2.15. The maximum Gasteiger partial charge on any atom is 0.236 e. The zero-order valence-corrected chi connectivity index (χ0v) is 20.3. The summed E-state index contributed by atoms with van der Waals surface area (Å²) < 4.78 is 7.78. The summed E-state index contributed by atoms with van der Waals surface area (Å²) in [4.78, 5) is 12.5. The van der Waals surface area contributed by atoms with Gasteiger partial charge in [-0.05, 0) is 37.5 Å². The highest BCUT2D eigenvalue weighted by Crippen LogP contribution is 2.35. The summed E-state index contributed by atoms with van der Waals surface area (Å²) in [5.41, 5.74) is 1.13. The Morgan fingerprint density at radius 2 is 2.12 bits per heavy atom. The Bertz CT molecular complexity index is 1090. The maximum absolute atomic E-state index is 12.5. The van der Waals surface area contributed by atoms with Gasteiger partial charge >= 0.3 is 0 Å². The van der Waals surface area contributed by atoms with Gasteiger partial charge in [0.2, 0.25) is 11.0 Å². The molecule has 2 heterocycles. The molecule has 1 aromatic carbocycles. The van der Waals surface area contributed by atoms with Gasteiger partial charge in [-0.3, -0.25) is 14.7 Å². The van der Waals surface area contributed by atoms with Crippen molar-refractivity contribution in [3.63, 3.8) is 0 Å². The number of benzene rings is 1. The van der Waals surface area contributed by atoms with E-state index in [-0.39, 0.29) is 18.3 Å². The molecule has 0 atom stereocenters. The summed E-state index contributed by atoms with van der Waals surface area (Å²) in [6.07, 6.45) is 7.88. The van der Waals surface area contributed by atoms with Gasteiger partial charge in [-0.15, -0.1) is 27.0 Å². The van der Waals surface area contributed by atoms with Crippen LogP contribution < -0.4 is 10.1 Å². The third-order valence-corrected chi connectivity index (χ3v) is 7.40. The number of nitrogens with zero attached hydrogens (tertiary/aromatic N) is 5. The molecule has 33 heavy (non-hydrogen) atoms. The number of hydrogen-bond acceptors (Lipinski definition) is 8. The number of aryl methyl sites for hydroxylation is 1. The fourth-order valence-electron chi connectivity index (χ4n) is 3.78. The number of ether oxygens (including phenoxy) is 1. The molecule has 10 heteroatoms. The number of carbonyl (C=O) groups is 1. The Kier molecular flexibility index (Phi) is 8.11. The molecule has 4 rings (SSSR count). The molecule has 1 aliphatic rings. The van der Waals surface area contributed by atoms with Crippen LogP contribution in [0.1, 0.15) is 54.4 Å². The van der Waals surface area contributed by atoms with Crippen molar-refractivity contribution in [2.45, 2.75) is 63.3 Å². The second kappa shape index (κ2) is 11.4. The number of nitrogens with one attached hydrogen (secondary N) is 1. The molecule has 1 saturated carbocycles. The second-order valence-corrected chi connectivity index (χ2v) is 9.97. The molecule has 8 nitrogen and oxygen atoms in total. The highest BCUT2D eigenvalue weighted by atomic mass is 32.2. The van der Waals surface area contributed by atoms with Gasteiger partial charge < -0.3 is 4.74 Å². The molecule has 1 amide bonds. The van der Waals surface area contributed by atoms with Crippen LogP contribution in [0.15, 0.2) is 42.1 Å². The second-order valence-electron chi connectivity index (χ2n) is 8.02. The minimum absolute atomic E-state index is 0.142. The first-order chi connectivity index (χ1) is 16.1. The van der Waals surface area contributed by atoms with Crippen LogP contribution in [0.4, 0.5) is 5.13 Å². The predicted molar refractivity (Wildman–Crippen MR) is 131 cm³/mol. The molecule has 3 aromatic rings. The van der Waals surface area contributed by atoms with Crippen molar-refractivity contribution in [1.29, 1.82) is 0 Å². The molecular formula is C23H28N6O2S2. The molecule has 0 unspecified atom stereocenters. The third kappa shape index (κ3) is 6.42. The van der Waals surface area contributed by atoms with Crippen molar-refractivity contribution in [3.8, 4) is 5.75 Å². The van der Waals surface area contributed by atoms with Crippen LogP contribution in [0.5, 0.6) is 5.75 Å². The summed E-state index contributed by atoms with van der Waals surface area (Å²) >= 11 is 2.81. The summed E-state index contributed by atoms with van der Waals surface area (Å²) in [5.74, 6) is 2.00. The average Bonchev–Trinajstić information content (AvgIpc) is 3.44. The van der Waals surface area contributed by atoms with Crippen LogP contribution in [0.3, 0.4) is 0 Å². The van der Waals surface area contributed by atoms with Gasteiger partial charge in [0.15, 0.2) is 11.0 Å². The van der Waals surface area contributed by atoms with Gasteiger partial charge in [0, 0.05) is 12.5 Å². The average molecular weight is 485 g/mol. The van der Waals surface area contributed by atoms with E-state index in [0.29, 0.717) is 28.6 Å². The molecule has 1 N–H and O–H groups in total. The number of aromatic nitrogens is 5. The van der Waals surface area contributed by atoms with E-state index >= 15 is 0 Å². The van der Waals surface area contributed by atoms with E-state index in [4.69, 9.17) is 4.74 Å². The quantitative estimate of drug-likeness (QED) is 0.320. The number of carbonyl (C=O) groups excluding carboxylic acids is 1. The summed E-state index contributed by atoms with van der Waals surface area (Å²) in [6, 6.07) is 7.86. The maximum atomic E-state index is 12.5. The topological polar surface area (TPSA) is 94.8 Å². The smallest absolute Gasteiger partial charge is 0.236 e. The highest BCUT2D eigenvalue weighted by Gasteiger charge is 2.20. The molecule has 174 valence electrons. The number of thioether (sulfide) groups is 1. The van der Waals surface area contributed by atoms with Crippen molar-refractivity contribution >= 4 is 34.1 Å².